The van der Waals surface area contributed by atoms with Crippen LogP contribution in [0.4, 0.5) is 5.69 Å². The number of amides is 1. The molecule has 0 bridgehead atoms. The Labute approximate surface area is 142 Å². The second-order valence-electron chi connectivity index (χ2n) is 5.16. The van der Waals surface area contributed by atoms with Gasteiger partial charge in [-0.05, 0) is 36.8 Å². The van der Waals surface area contributed by atoms with Crippen LogP contribution >= 0.6 is 11.6 Å². The van der Waals surface area contributed by atoms with Crippen molar-refractivity contribution in [3.8, 4) is 5.88 Å². The number of benzene rings is 1. The van der Waals surface area contributed by atoms with Crippen LogP contribution in [0.5, 0.6) is 5.88 Å². The molecule has 0 radical (unpaired) electrons. The molecule has 0 saturated carbocycles. The summed E-state index contributed by atoms with van der Waals surface area (Å²) in [6, 6.07) is 11.6. The molecule has 3 rings (SSSR count). The molecule has 3 aromatic rings. The smallest absolute Gasteiger partial charge is 0.262 e. The number of carbonyl (C=O) groups is 1. The van der Waals surface area contributed by atoms with Gasteiger partial charge in [0.1, 0.15) is 5.65 Å². The number of fused-ring (bicyclic) bond motifs is 1. The van der Waals surface area contributed by atoms with Gasteiger partial charge in [-0.2, -0.15) is 4.98 Å². The summed E-state index contributed by atoms with van der Waals surface area (Å²) >= 11 is 5.86. The number of aromatic nitrogens is 2. The number of nitrogens with zero attached hydrogens (tertiary/aromatic N) is 2. The molecule has 0 saturated heterocycles. The Morgan fingerprint density at radius 2 is 2.12 bits per heavy atom. The van der Waals surface area contributed by atoms with E-state index in [1.165, 1.54) is 10.5 Å². The van der Waals surface area contributed by atoms with Gasteiger partial charge in [0.15, 0.2) is 6.61 Å². The summed E-state index contributed by atoms with van der Waals surface area (Å²) < 4.78 is 6.77. The molecule has 0 fully saturated rings. The number of pyridine rings is 1. The van der Waals surface area contributed by atoms with Gasteiger partial charge in [0.05, 0.1) is 6.07 Å². The molecule has 0 spiro atoms. The molecule has 0 aliphatic rings. The van der Waals surface area contributed by atoms with Crippen molar-refractivity contribution in [3.05, 3.63) is 69.6 Å². The number of hydrogen-bond donors (Lipinski definition) is 1. The molecule has 2 heterocycles. The van der Waals surface area contributed by atoms with Crippen molar-refractivity contribution in [1.29, 1.82) is 0 Å². The maximum absolute atomic E-state index is 12.1. The van der Waals surface area contributed by atoms with E-state index in [-0.39, 0.29) is 24.0 Å². The van der Waals surface area contributed by atoms with E-state index in [1.807, 2.05) is 13.0 Å². The van der Waals surface area contributed by atoms with Gasteiger partial charge in [-0.15, -0.1) is 0 Å². The molecule has 1 aromatic carbocycles. The van der Waals surface area contributed by atoms with E-state index in [1.54, 1.807) is 36.5 Å². The van der Waals surface area contributed by atoms with Crippen molar-refractivity contribution in [2.45, 2.75) is 6.92 Å². The van der Waals surface area contributed by atoms with Crippen molar-refractivity contribution in [1.82, 2.24) is 9.38 Å². The van der Waals surface area contributed by atoms with Gasteiger partial charge in [-0.1, -0.05) is 23.7 Å². The Bertz CT molecular complexity index is 969. The maximum atomic E-state index is 12.1. The number of nitrogens with one attached hydrogen (secondary N) is 1. The van der Waals surface area contributed by atoms with Gasteiger partial charge in [-0.25, -0.2) is 0 Å². The number of carbonyl (C=O) groups excluding carboxylic acids is 1. The topological polar surface area (TPSA) is 72.7 Å². The van der Waals surface area contributed by atoms with Crippen LogP contribution in [0.2, 0.25) is 5.02 Å². The first-order valence-electron chi connectivity index (χ1n) is 7.20. The highest BCUT2D eigenvalue weighted by molar-refractivity contribution is 6.30. The fourth-order valence-corrected chi connectivity index (χ4v) is 2.41. The fourth-order valence-electron chi connectivity index (χ4n) is 2.22. The molecular formula is C17H14ClN3O3. The first-order chi connectivity index (χ1) is 11.5. The van der Waals surface area contributed by atoms with Gasteiger partial charge in [0.25, 0.3) is 11.5 Å². The number of rotatable bonds is 4. The highest BCUT2D eigenvalue weighted by atomic mass is 35.5. The Balaban J connectivity index is 1.72. The Morgan fingerprint density at radius 1 is 1.29 bits per heavy atom. The van der Waals surface area contributed by atoms with Crippen molar-refractivity contribution >= 4 is 28.8 Å². The first kappa shape index (κ1) is 16.0. The highest BCUT2D eigenvalue weighted by Gasteiger charge is 2.08. The van der Waals surface area contributed by atoms with Gasteiger partial charge in [0.2, 0.25) is 5.88 Å². The fraction of sp³-hybridized carbons (Fsp3) is 0.118. The average molecular weight is 344 g/mol. The summed E-state index contributed by atoms with van der Waals surface area (Å²) in [6.07, 6.45) is 1.63. The van der Waals surface area contributed by atoms with E-state index in [0.717, 1.165) is 5.56 Å². The highest BCUT2D eigenvalue weighted by Crippen LogP contribution is 2.15. The van der Waals surface area contributed by atoms with Crippen molar-refractivity contribution in [3.63, 3.8) is 0 Å². The molecule has 1 N–H and O–H groups in total. The van der Waals surface area contributed by atoms with E-state index >= 15 is 0 Å². The minimum atomic E-state index is -0.371. The number of ether oxygens (including phenoxy) is 1. The minimum Gasteiger partial charge on any atom is -0.467 e. The SMILES string of the molecule is Cc1cccn2c(=O)cc(OCC(=O)Nc3cccc(Cl)c3)nc12. The van der Waals surface area contributed by atoms with E-state index in [2.05, 4.69) is 10.3 Å². The predicted octanol–water partition coefficient (Wildman–Crippen LogP) is 2.67. The first-order valence-corrected chi connectivity index (χ1v) is 7.58. The molecule has 7 heteroatoms. The summed E-state index contributed by atoms with van der Waals surface area (Å²) in [5, 5.41) is 3.18. The lowest BCUT2D eigenvalue weighted by Crippen LogP contribution is -2.22. The molecule has 0 aliphatic heterocycles. The second kappa shape index (κ2) is 6.72. The van der Waals surface area contributed by atoms with Crippen LogP contribution in [-0.2, 0) is 4.79 Å². The van der Waals surface area contributed by atoms with E-state index in [9.17, 15) is 9.59 Å². The lowest BCUT2D eigenvalue weighted by Gasteiger charge is -2.09. The van der Waals surface area contributed by atoms with Crippen LogP contribution in [0.3, 0.4) is 0 Å². The molecule has 0 aliphatic carbocycles. The third-order valence-electron chi connectivity index (χ3n) is 3.32. The monoisotopic (exact) mass is 343 g/mol. The predicted molar refractivity (Wildman–Crippen MR) is 91.8 cm³/mol. The van der Waals surface area contributed by atoms with E-state index in [4.69, 9.17) is 16.3 Å². The Hall–Kier alpha value is -2.86. The maximum Gasteiger partial charge on any atom is 0.262 e. The number of aryl methyl sites for hydroxylation is 1. The normalized spacial score (nSPS) is 10.6. The van der Waals surface area contributed by atoms with E-state index < -0.39 is 0 Å². The largest absolute Gasteiger partial charge is 0.467 e. The quantitative estimate of drug-likeness (QED) is 0.790. The number of hydrogen-bond acceptors (Lipinski definition) is 4. The molecule has 2 aromatic heterocycles. The zero-order valence-corrected chi connectivity index (χ0v) is 13.6. The van der Waals surface area contributed by atoms with Crippen LogP contribution in [0, 0.1) is 6.92 Å². The summed E-state index contributed by atoms with van der Waals surface area (Å²) in [5.41, 5.74) is 1.63. The lowest BCUT2D eigenvalue weighted by molar-refractivity contribution is -0.118. The van der Waals surface area contributed by atoms with Crippen LogP contribution < -0.4 is 15.6 Å². The Morgan fingerprint density at radius 3 is 2.92 bits per heavy atom. The molecule has 0 atom stereocenters. The van der Waals surface area contributed by atoms with Crippen LogP contribution in [0.15, 0.2) is 53.5 Å². The molecule has 24 heavy (non-hydrogen) atoms. The minimum absolute atomic E-state index is 0.107. The van der Waals surface area contributed by atoms with Crippen LogP contribution in [0.1, 0.15) is 5.56 Å². The van der Waals surface area contributed by atoms with Crippen molar-refractivity contribution in [2.75, 3.05) is 11.9 Å². The summed E-state index contributed by atoms with van der Waals surface area (Å²) in [6.45, 7) is 1.58. The molecule has 6 nitrogen and oxygen atoms in total. The van der Waals surface area contributed by atoms with Gasteiger partial charge in [-0.3, -0.25) is 14.0 Å². The number of anilines is 1. The van der Waals surface area contributed by atoms with Crippen molar-refractivity contribution in [2.24, 2.45) is 0 Å². The van der Waals surface area contributed by atoms with Gasteiger partial charge in [0, 0.05) is 16.9 Å². The molecule has 122 valence electrons. The van der Waals surface area contributed by atoms with Gasteiger partial charge < -0.3 is 10.1 Å². The van der Waals surface area contributed by atoms with Gasteiger partial charge >= 0.3 is 0 Å². The average Bonchev–Trinajstić information content (AvgIpc) is 2.54. The molecular weight excluding hydrogens is 330 g/mol. The zero-order valence-electron chi connectivity index (χ0n) is 12.8. The summed E-state index contributed by atoms with van der Waals surface area (Å²) in [4.78, 5) is 28.2. The Kier molecular flexibility index (Phi) is 4.48. The molecule has 1 amide bonds. The van der Waals surface area contributed by atoms with Crippen LogP contribution in [0.25, 0.3) is 5.65 Å². The van der Waals surface area contributed by atoms with Crippen molar-refractivity contribution < 1.29 is 9.53 Å². The zero-order chi connectivity index (χ0) is 17.1. The summed E-state index contributed by atoms with van der Waals surface area (Å²) in [5.74, 6) is -0.264. The van der Waals surface area contributed by atoms with E-state index in [0.29, 0.717) is 16.4 Å². The second-order valence-corrected chi connectivity index (χ2v) is 5.60. The third-order valence-corrected chi connectivity index (χ3v) is 3.56. The lowest BCUT2D eigenvalue weighted by atomic mass is 10.3. The summed E-state index contributed by atoms with van der Waals surface area (Å²) in [7, 11) is 0. The third kappa shape index (κ3) is 3.55. The standard InChI is InChI=1S/C17H14ClN3O3/c1-11-4-3-7-21-16(23)9-15(20-17(11)21)24-10-14(22)19-13-6-2-5-12(18)8-13/h2-9H,10H2,1H3,(H,19,22). The van der Waals surface area contributed by atoms with Crippen LogP contribution in [-0.4, -0.2) is 21.9 Å². The molecule has 0 unspecified atom stereocenters. The number of halogens is 1.